The van der Waals surface area contributed by atoms with Crippen molar-refractivity contribution in [2.45, 2.75) is 32.4 Å². The fourth-order valence-electron chi connectivity index (χ4n) is 2.39. The lowest BCUT2D eigenvalue weighted by molar-refractivity contribution is -0.144. The van der Waals surface area contributed by atoms with E-state index in [1.807, 2.05) is 18.7 Å². The Labute approximate surface area is 101 Å². The van der Waals surface area contributed by atoms with Gasteiger partial charge in [0.05, 0.1) is 25.2 Å². The first kappa shape index (κ1) is 13.9. The van der Waals surface area contributed by atoms with E-state index in [1.165, 1.54) is 0 Å². The average molecular weight is 244 g/mol. The topological polar surface area (TPSA) is 92.9 Å². The number of ether oxygens (including phenoxy) is 1. The van der Waals surface area contributed by atoms with E-state index in [2.05, 4.69) is 0 Å². The molecule has 0 aliphatic carbocycles. The zero-order valence-electron chi connectivity index (χ0n) is 10.3. The van der Waals surface area contributed by atoms with Crippen molar-refractivity contribution in [1.82, 2.24) is 4.90 Å². The molecule has 1 rings (SSSR count). The maximum Gasteiger partial charge on any atom is 0.310 e. The minimum Gasteiger partial charge on any atom is -0.481 e. The Morgan fingerprint density at radius 3 is 2.53 bits per heavy atom. The minimum absolute atomic E-state index is 0.200. The molecule has 1 aliphatic rings. The van der Waals surface area contributed by atoms with Crippen molar-refractivity contribution in [1.29, 1.82) is 0 Å². The summed E-state index contributed by atoms with van der Waals surface area (Å²) in [6.45, 7) is 4.88. The number of hydrogen-bond donors (Lipinski definition) is 2. The zero-order valence-corrected chi connectivity index (χ0v) is 10.3. The molecule has 6 nitrogen and oxygen atoms in total. The Balaban J connectivity index is 2.85. The van der Waals surface area contributed by atoms with E-state index in [9.17, 15) is 9.59 Å². The van der Waals surface area contributed by atoms with Gasteiger partial charge in [-0.3, -0.25) is 14.5 Å². The van der Waals surface area contributed by atoms with Crippen molar-refractivity contribution < 1.29 is 19.4 Å². The molecule has 1 amide bonds. The van der Waals surface area contributed by atoms with Gasteiger partial charge in [-0.15, -0.1) is 0 Å². The Morgan fingerprint density at radius 2 is 2.12 bits per heavy atom. The van der Waals surface area contributed by atoms with Gasteiger partial charge in [-0.2, -0.15) is 0 Å². The average Bonchev–Trinajstić information content (AvgIpc) is 2.73. The highest BCUT2D eigenvalue weighted by atomic mass is 16.5. The summed E-state index contributed by atoms with van der Waals surface area (Å²) in [5.41, 5.74) is 5.34. The third-order valence-corrected chi connectivity index (χ3v) is 3.27. The lowest BCUT2D eigenvalue weighted by Crippen LogP contribution is -2.53. The first-order valence-electron chi connectivity index (χ1n) is 5.88. The fourth-order valence-corrected chi connectivity index (χ4v) is 2.39. The highest BCUT2D eigenvalue weighted by Gasteiger charge is 2.40. The van der Waals surface area contributed by atoms with Gasteiger partial charge >= 0.3 is 5.97 Å². The second-order valence-electron chi connectivity index (χ2n) is 4.21. The number of amides is 1. The molecule has 6 heteroatoms. The molecule has 0 radical (unpaired) electrons. The predicted molar refractivity (Wildman–Crippen MR) is 61.4 cm³/mol. The van der Waals surface area contributed by atoms with Crippen molar-refractivity contribution in [3.8, 4) is 0 Å². The number of rotatable bonds is 6. The lowest BCUT2D eigenvalue weighted by Gasteiger charge is -2.34. The molecule has 3 atom stereocenters. The van der Waals surface area contributed by atoms with Crippen LogP contribution in [-0.2, 0) is 14.3 Å². The quantitative estimate of drug-likeness (QED) is 0.667. The van der Waals surface area contributed by atoms with E-state index in [4.69, 9.17) is 15.6 Å². The Morgan fingerprint density at radius 1 is 1.47 bits per heavy atom. The van der Waals surface area contributed by atoms with E-state index in [-0.39, 0.29) is 12.6 Å². The van der Waals surface area contributed by atoms with Gasteiger partial charge in [0.2, 0.25) is 5.91 Å². The molecule has 0 aromatic heterocycles. The maximum atomic E-state index is 11.4. The number of hydrogen-bond acceptors (Lipinski definition) is 4. The van der Waals surface area contributed by atoms with Crippen LogP contribution in [-0.4, -0.2) is 53.7 Å². The molecule has 0 saturated carbocycles. The highest BCUT2D eigenvalue weighted by molar-refractivity contribution is 5.80. The summed E-state index contributed by atoms with van der Waals surface area (Å²) >= 11 is 0. The van der Waals surface area contributed by atoms with Gasteiger partial charge in [-0.05, 0) is 13.0 Å². The monoisotopic (exact) mass is 244 g/mol. The Kier molecular flexibility index (Phi) is 4.89. The predicted octanol–water partition coefficient (Wildman–Crippen LogP) is -0.328. The second-order valence-corrected chi connectivity index (χ2v) is 4.21. The first-order chi connectivity index (χ1) is 8.02. The van der Waals surface area contributed by atoms with Crippen molar-refractivity contribution in [2.75, 3.05) is 19.8 Å². The second kappa shape index (κ2) is 5.97. The van der Waals surface area contributed by atoms with Gasteiger partial charge in [-0.1, -0.05) is 13.8 Å². The summed E-state index contributed by atoms with van der Waals surface area (Å²) < 4.78 is 5.21. The number of nitrogens with zero attached hydrogens (tertiary/aromatic N) is 1. The normalized spacial score (nSPS) is 26.1. The molecule has 1 aliphatic heterocycles. The van der Waals surface area contributed by atoms with Crippen LogP contribution in [0.15, 0.2) is 0 Å². The van der Waals surface area contributed by atoms with Gasteiger partial charge in [0, 0.05) is 6.04 Å². The molecule has 0 spiro atoms. The molecule has 17 heavy (non-hydrogen) atoms. The van der Waals surface area contributed by atoms with Crippen LogP contribution in [0.25, 0.3) is 0 Å². The molecular formula is C11H20N2O4. The maximum absolute atomic E-state index is 11.4. The summed E-state index contributed by atoms with van der Waals surface area (Å²) in [7, 11) is 0. The molecule has 0 bridgehead atoms. The smallest absolute Gasteiger partial charge is 0.310 e. The molecule has 3 unspecified atom stereocenters. The number of aliphatic carboxylic acids is 1. The van der Waals surface area contributed by atoms with E-state index in [0.717, 1.165) is 0 Å². The number of carboxylic acids is 1. The molecule has 1 saturated heterocycles. The minimum atomic E-state index is -0.884. The van der Waals surface area contributed by atoms with Crippen molar-refractivity contribution in [3.63, 3.8) is 0 Å². The standard InChI is InChI=1S/C11H20N2O4/c1-3-8(10(12)14)13(4-2)9-6-17-5-7(9)11(15)16/h7-9H,3-6H2,1-2H3,(H2,12,14)(H,15,16). The van der Waals surface area contributed by atoms with Gasteiger partial charge in [-0.25, -0.2) is 0 Å². The third kappa shape index (κ3) is 2.95. The highest BCUT2D eigenvalue weighted by Crippen LogP contribution is 2.22. The van der Waals surface area contributed by atoms with Crippen LogP contribution in [0.4, 0.5) is 0 Å². The lowest BCUT2D eigenvalue weighted by atomic mass is 9.99. The zero-order chi connectivity index (χ0) is 13.0. The number of primary amides is 1. The molecule has 0 aromatic rings. The number of carbonyl (C=O) groups is 2. The molecule has 3 N–H and O–H groups in total. The van der Waals surface area contributed by atoms with Crippen LogP contribution in [0, 0.1) is 5.92 Å². The van der Waals surface area contributed by atoms with Gasteiger partial charge in [0.15, 0.2) is 0 Å². The van der Waals surface area contributed by atoms with Crippen LogP contribution in [0.3, 0.4) is 0 Å². The third-order valence-electron chi connectivity index (χ3n) is 3.27. The molecule has 98 valence electrons. The summed E-state index contributed by atoms with van der Waals surface area (Å²) in [6.07, 6.45) is 0.575. The van der Waals surface area contributed by atoms with E-state index in [0.29, 0.717) is 19.6 Å². The van der Waals surface area contributed by atoms with Crippen molar-refractivity contribution in [3.05, 3.63) is 0 Å². The fraction of sp³-hybridized carbons (Fsp3) is 0.818. The van der Waals surface area contributed by atoms with Crippen LogP contribution in [0.2, 0.25) is 0 Å². The molecule has 1 heterocycles. The van der Waals surface area contributed by atoms with Gasteiger partial charge in [0.25, 0.3) is 0 Å². The SMILES string of the molecule is CCC(C(N)=O)N(CC)C1COCC1C(=O)O. The van der Waals surface area contributed by atoms with Crippen LogP contribution in [0.5, 0.6) is 0 Å². The summed E-state index contributed by atoms with van der Waals surface area (Å²) in [6, 6.07) is -0.691. The summed E-state index contributed by atoms with van der Waals surface area (Å²) in [5.74, 6) is -1.88. The van der Waals surface area contributed by atoms with E-state index in [1.54, 1.807) is 0 Å². The number of carboxylic acid groups (broad SMARTS) is 1. The largest absolute Gasteiger partial charge is 0.481 e. The van der Waals surface area contributed by atoms with Crippen LogP contribution >= 0.6 is 0 Å². The van der Waals surface area contributed by atoms with E-state index >= 15 is 0 Å². The molecule has 0 aromatic carbocycles. The Hall–Kier alpha value is -1.14. The molecular weight excluding hydrogens is 224 g/mol. The van der Waals surface area contributed by atoms with E-state index < -0.39 is 23.8 Å². The van der Waals surface area contributed by atoms with Crippen molar-refractivity contribution in [2.24, 2.45) is 11.7 Å². The van der Waals surface area contributed by atoms with Crippen LogP contribution in [0.1, 0.15) is 20.3 Å². The van der Waals surface area contributed by atoms with Crippen molar-refractivity contribution >= 4 is 11.9 Å². The summed E-state index contributed by atoms with van der Waals surface area (Å²) in [4.78, 5) is 24.3. The molecule has 1 fully saturated rings. The van der Waals surface area contributed by atoms with Gasteiger partial charge in [0.1, 0.15) is 0 Å². The van der Waals surface area contributed by atoms with Gasteiger partial charge < -0.3 is 15.6 Å². The Bertz CT molecular complexity index is 295. The number of carbonyl (C=O) groups excluding carboxylic acids is 1. The summed E-state index contributed by atoms with van der Waals surface area (Å²) in [5, 5.41) is 9.10. The number of nitrogens with two attached hydrogens (primary N) is 1. The van der Waals surface area contributed by atoms with Crippen LogP contribution < -0.4 is 5.73 Å². The first-order valence-corrected chi connectivity index (χ1v) is 5.88. The number of likely N-dealkylation sites (N-methyl/N-ethyl adjacent to an activating group) is 1.